The number of hydrogen-bond donors (Lipinski definition) is 1. The summed E-state index contributed by atoms with van der Waals surface area (Å²) in [5, 5.41) is 13.2. The first-order valence-corrected chi connectivity index (χ1v) is 16.2. The van der Waals surface area contributed by atoms with E-state index in [9.17, 15) is 19.5 Å². The lowest BCUT2D eigenvalue weighted by Crippen LogP contribution is -2.74. The van der Waals surface area contributed by atoms with Gasteiger partial charge in [0.15, 0.2) is 6.10 Å². The molecule has 0 aromatic rings. The summed E-state index contributed by atoms with van der Waals surface area (Å²) in [6, 6.07) is 0. The van der Waals surface area contributed by atoms with Crippen molar-refractivity contribution >= 4 is 17.9 Å². The molecule has 2 spiro atoms. The van der Waals surface area contributed by atoms with E-state index in [1.54, 1.807) is 20.1 Å². The van der Waals surface area contributed by atoms with Crippen LogP contribution in [0, 0.1) is 28.1 Å². The fourth-order valence-corrected chi connectivity index (χ4v) is 11.6. The van der Waals surface area contributed by atoms with Crippen molar-refractivity contribution in [3.8, 4) is 0 Å². The Kier molecular flexibility index (Phi) is 5.72. The molecule has 45 heavy (non-hydrogen) atoms. The zero-order valence-electron chi connectivity index (χ0n) is 26.7. The van der Waals surface area contributed by atoms with E-state index in [1.165, 1.54) is 7.11 Å². The van der Waals surface area contributed by atoms with Gasteiger partial charge in [0.1, 0.15) is 35.3 Å². The number of methoxy groups -OCH3 is 1. The molecular weight excluding hydrogens is 584 g/mol. The molecule has 11 atom stereocenters. The van der Waals surface area contributed by atoms with Gasteiger partial charge in [-0.1, -0.05) is 20.8 Å². The third-order valence-electron chi connectivity index (χ3n) is 13.1. The smallest absolute Gasteiger partial charge is 0.325 e. The van der Waals surface area contributed by atoms with Crippen molar-refractivity contribution in [3.63, 3.8) is 0 Å². The summed E-state index contributed by atoms with van der Waals surface area (Å²) in [6.45, 7) is 9.95. The number of rotatable bonds is 6. The molecule has 5 bridgehead atoms. The summed E-state index contributed by atoms with van der Waals surface area (Å²) in [5.41, 5.74) is -4.99. The third kappa shape index (κ3) is 3.20. The molecule has 1 N–H and O–H groups in total. The van der Waals surface area contributed by atoms with Crippen molar-refractivity contribution in [3.05, 3.63) is 35.3 Å². The van der Waals surface area contributed by atoms with Crippen LogP contribution in [-0.4, -0.2) is 71.7 Å². The number of hydrogen-bond acceptors (Lipinski definition) is 11. The van der Waals surface area contributed by atoms with Crippen molar-refractivity contribution < 1.29 is 52.6 Å². The Morgan fingerprint density at radius 3 is 2.60 bits per heavy atom. The maximum atomic E-state index is 13.8. The number of fused-ring (bicyclic) bond motifs is 1. The summed E-state index contributed by atoms with van der Waals surface area (Å²) in [6.07, 6.45) is 5.43. The quantitative estimate of drug-likeness (QED) is 0.341. The van der Waals surface area contributed by atoms with Gasteiger partial charge in [-0.05, 0) is 61.7 Å². The van der Waals surface area contributed by atoms with Crippen LogP contribution in [0.3, 0.4) is 0 Å². The van der Waals surface area contributed by atoms with Crippen LogP contribution in [0.4, 0.5) is 0 Å². The van der Waals surface area contributed by atoms with Gasteiger partial charge in [-0.25, -0.2) is 0 Å². The minimum absolute atomic E-state index is 0.0177. The van der Waals surface area contributed by atoms with Gasteiger partial charge in [-0.2, -0.15) is 0 Å². The first-order chi connectivity index (χ1) is 21.2. The van der Waals surface area contributed by atoms with E-state index in [0.717, 1.165) is 11.1 Å². The van der Waals surface area contributed by atoms with Gasteiger partial charge < -0.3 is 38.3 Å². The molecule has 11 unspecified atom stereocenters. The normalized spacial score (nSPS) is 50.2. The van der Waals surface area contributed by atoms with E-state index >= 15 is 0 Å². The molecule has 9 rings (SSSR count). The highest BCUT2D eigenvalue weighted by Crippen LogP contribution is 2.84. The second kappa shape index (κ2) is 8.72. The van der Waals surface area contributed by atoms with Crippen LogP contribution in [0.15, 0.2) is 35.3 Å². The van der Waals surface area contributed by atoms with Crippen LogP contribution in [0.1, 0.15) is 79.6 Å². The molecule has 3 saturated carbocycles. The Labute approximate surface area is 262 Å². The molecule has 0 radical (unpaired) electrons. The van der Waals surface area contributed by atoms with E-state index in [2.05, 4.69) is 6.92 Å². The average molecular weight is 627 g/mol. The van der Waals surface area contributed by atoms with E-state index in [4.69, 9.17) is 33.2 Å². The number of carbonyl (C=O) groups excluding carboxylic acids is 3. The number of carbonyl (C=O) groups is 3. The summed E-state index contributed by atoms with van der Waals surface area (Å²) in [5.74, 6) is -2.95. The Morgan fingerprint density at radius 1 is 1.13 bits per heavy atom. The van der Waals surface area contributed by atoms with Crippen LogP contribution in [0.25, 0.3) is 0 Å². The molecule has 244 valence electrons. The van der Waals surface area contributed by atoms with Gasteiger partial charge in [-0.15, -0.1) is 0 Å². The number of ether oxygens (including phenoxy) is 7. The predicted molar refractivity (Wildman–Crippen MR) is 153 cm³/mol. The second-order valence-electron chi connectivity index (χ2n) is 15.3. The van der Waals surface area contributed by atoms with Crippen LogP contribution in [-0.2, 0) is 47.5 Å². The van der Waals surface area contributed by atoms with Crippen LogP contribution in [0.2, 0.25) is 0 Å². The lowest BCUT2D eigenvalue weighted by atomic mass is 9.50. The fraction of sp³-hybridized carbons (Fsp3) is 0.735. The summed E-state index contributed by atoms with van der Waals surface area (Å²) in [7, 11) is 1.38. The van der Waals surface area contributed by atoms with Crippen LogP contribution < -0.4 is 0 Å². The molecule has 6 fully saturated rings. The molecule has 9 aliphatic rings. The zero-order valence-corrected chi connectivity index (χ0v) is 26.7. The summed E-state index contributed by atoms with van der Waals surface area (Å²) >= 11 is 0. The highest BCUT2D eigenvalue weighted by molar-refractivity contribution is 5.74. The maximum Gasteiger partial charge on any atom is 0.325 e. The lowest BCUT2D eigenvalue weighted by Gasteiger charge is -2.63. The first-order valence-electron chi connectivity index (χ1n) is 16.2. The lowest BCUT2D eigenvalue weighted by molar-refractivity contribution is -0.467. The van der Waals surface area contributed by atoms with E-state index in [1.807, 2.05) is 26.0 Å². The molecule has 11 nitrogen and oxygen atoms in total. The Balaban J connectivity index is 1.38. The van der Waals surface area contributed by atoms with Crippen LogP contribution in [0.5, 0.6) is 0 Å². The topological polar surface area (TPSA) is 136 Å². The summed E-state index contributed by atoms with van der Waals surface area (Å²) < 4.78 is 43.9. The van der Waals surface area contributed by atoms with Gasteiger partial charge in [0.25, 0.3) is 0 Å². The zero-order chi connectivity index (χ0) is 32.0. The molecule has 5 aliphatic heterocycles. The molecule has 0 amide bonds. The van der Waals surface area contributed by atoms with Gasteiger partial charge >= 0.3 is 23.9 Å². The minimum Gasteiger partial charge on any atom is -0.497 e. The highest BCUT2D eigenvalue weighted by atomic mass is 16.9. The van der Waals surface area contributed by atoms with Gasteiger partial charge in [-0.3, -0.25) is 14.4 Å². The Hall–Kier alpha value is -2.89. The van der Waals surface area contributed by atoms with Crippen molar-refractivity contribution in [1.29, 1.82) is 0 Å². The average Bonchev–Trinajstić information content (AvgIpc) is 3.32. The maximum absolute atomic E-state index is 13.8. The Morgan fingerprint density at radius 2 is 1.91 bits per heavy atom. The van der Waals surface area contributed by atoms with Gasteiger partial charge in [0, 0.05) is 36.7 Å². The number of aliphatic hydroxyl groups is 1. The van der Waals surface area contributed by atoms with Crippen molar-refractivity contribution in [2.24, 2.45) is 28.1 Å². The van der Waals surface area contributed by atoms with Crippen LogP contribution >= 0.6 is 0 Å². The van der Waals surface area contributed by atoms with E-state index in [-0.39, 0.29) is 43.5 Å². The largest absolute Gasteiger partial charge is 0.497 e. The SMILES string of the molecule is CCC(=O)OC(C1=CCOC=C1)C1(C)CCC2=C3OC4(C)OC25C1CC(=O)OC5C1(O)CC2(C)CC1(O4)C3(C)C2CC(=O)OC. The molecular formula is C34H42O11. The van der Waals surface area contributed by atoms with Crippen molar-refractivity contribution in [2.75, 3.05) is 13.7 Å². The van der Waals surface area contributed by atoms with Gasteiger partial charge in [0.2, 0.25) is 0 Å². The van der Waals surface area contributed by atoms with Crippen molar-refractivity contribution in [2.45, 2.75) is 115 Å². The second-order valence-corrected chi connectivity index (χ2v) is 15.3. The molecule has 4 aliphatic carbocycles. The predicted octanol–water partition coefficient (Wildman–Crippen LogP) is 3.74. The highest BCUT2D eigenvalue weighted by Gasteiger charge is 2.92. The van der Waals surface area contributed by atoms with E-state index < -0.39 is 63.1 Å². The molecule has 0 aromatic heterocycles. The molecule has 3 saturated heterocycles. The van der Waals surface area contributed by atoms with Gasteiger partial charge in [0.05, 0.1) is 25.2 Å². The first kappa shape index (κ1) is 29.5. The third-order valence-corrected chi connectivity index (χ3v) is 13.1. The molecule has 5 heterocycles. The standard InChI is InChI=1S/C34H42O11/c1-7-22(35)41-25(18-9-12-40-13-10-18)29(3)11-8-19-26-30(4)20(14-23(36)39-6)28(2)16-32(38)27-34(19,21(29)15-24(37)42-27)45-31(5,43-26)44-33(30,32)17-28/h9-10,12,20-21,25,27,38H,7-8,11,13-17H2,1-6H3. The molecule has 0 aromatic carbocycles. The molecule has 11 heteroatoms. The van der Waals surface area contributed by atoms with E-state index in [0.29, 0.717) is 31.6 Å². The fourth-order valence-electron chi connectivity index (χ4n) is 11.6. The number of esters is 3. The monoisotopic (exact) mass is 626 g/mol. The Bertz CT molecular complexity index is 1510. The summed E-state index contributed by atoms with van der Waals surface area (Å²) in [4.78, 5) is 39.7. The van der Waals surface area contributed by atoms with Crippen molar-refractivity contribution in [1.82, 2.24) is 0 Å². The minimum atomic E-state index is -1.67.